The van der Waals surface area contributed by atoms with Crippen molar-refractivity contribution in [3.8, 4) is 39.7 Å². The van der Waals surface area contributed by atoms with Crippen molar-refractivity contribution in [1.29, 1.82) is 5.26 Å². The topological polar surface area (TPSA) is 33.6 Å². The highest BCUT2D eigenvalue weighted by molar-refractivity contribution is 6.10. The van der Waals surface area contributed by atoms with E-state index in [-0.39, 0.29) is 0 Å². The van der Waals surface area contributed by atoms with Gasteiger partial charge in [-0.15, -0.1) is 0 Å². The van der Waals surface area contributed by atoms with E-state index in [9.17, 15) is 5.26 Å². The van der Waals surface area contributed by atoms with Crippen LogP contribution in [-0.4, -0.2) is 9.13 Å². The van der Waals surface area contributed by atoms with E-state index in [0.29, 0.717) is 5.56 Å². The Hall–Kier alpha value is -6.37. The Labute approximate surface area is 266 Å². The lowest BCUT2D eigenvalue weighted by atomic mass is 9.93. The fraction of sp³-hybridized carbons (Fsp3) is 0. The van der Waals surface area contributed by atoms with E-state index in [4.69, 9.17) is 0 Å². The Bertz CT molecular complexity index is 2540. The monoisotopic (exact) mass is 585 g/mol. The van der Waals surface area contributed by atoms with Crippen LogP contribution in [0.1, 0.15) is 5.56 Å². The smallest absolute Gasteiger partial charge is 0.102 e. The van der Waals surface area contributed by atoms with Gasteiger partial charge in [0.25, 0.3) is 0 Å². The van der Waals surface area contributed by atoms with E-state index in [1.807, 2.05) is 18.2 Å². The standard InChI is InChI=1S/C43H27N3/c44-28-38-37(29-13-2-1-3-14-29)26-31(27-43(38)46-41-23-10-6-19-35(41)36-20-7-11-24-42(36)46)30-15-12-16-32(25-30)45-39-21-8-4-17-33(39)34-18-5-9-22-40(34)45/h1-27H. The van der Waals surface area contributed by atoms with Crippen LogP contribution >= 0.6 is 0 Å². The summed E-state index contributed by atoms with van der Waals surface area (Å²) in [7, 11) is 0. The van der Waals surface area contributed by atoms with E-state index in [1.54, 1.807) is 0 Å². The Kier molecular flexibility index (Phi) is 5.88. The molecule has 0 aliphatic heterocycles. The van der Waals surface area contributed by atoms with Crippen LogP contribution in [-0.2, 0) is 0 Å². The summed E-state index contributed by atoms with van der Waals surface area (Å²) >= 11 is 0. The number of hydrogen-bond acceptors (Lipinski definition) is 1. The molecule has 0 unspecified atom stereocenters. The van der Waals surface area contributed by atoms with Crippen LogP contribution in [0, 0.1) is 11.3 Å². The summed E-state index contributed by atoms with van der Waals surface area (Å²) in [5.41, 5.74) is 11.2. The third-order valence-electron chi connectivity index (χ3n) is 9.15. The average molecular weight is 586 g/mol. The van der Waals surface area contributed by atoms with Gasteiger partial charge in [-0.25, -0.2) is 0 Å². The molecule has 7 aromatic carbocycles. The quantitative estimate of drug-likeness (QED) is 0.202. The van der Waals surface area contributed by atoms with Crippen molar-refractivity contribution in [2.45, 2.75) is 0 Å². The lowest BCUT2D eigenvalue weighted by molar-refractivity contribution is 1.17. The molecule has 0 amide bonds. The third-order valence-corrected chi connectivity index (χ3v) is 9.15. The highest BCUT2D eigenvalue weighted by Gasteiger charge is 2.20. The molecule has 214 valence electrons. The van der Waals surface area contributed by atoms with Gasteiger partial charge in [-0.05, 0) is 65.2 Å². The van der Waals surface area contributed by atoms with Crippen molar-refractivity contribution in [3.63, 3.8) is 0 Å². The summed E-state index contributed by atoms with van der Waals surface area (Å²) in [6.45, 7) is 0. The molecule has 0 saturated heterocycles. The summed E-state index contributed by atoms with van der Waals surface area (Å²) < 4.78 is 4.61. The second-order valence-electron chi connectivity index (χ2n) is 11.7. The maximum absolute atomic E-state index is 10.8. The number of para-hydroxylation sites is 4. The molecule has 0 atom stereocenters. The Morgan fingerprint density at radius 1 is 0.391 bits per heavy atom. The minimum Gasteiger partial charge on any atom is -0.309 e. The molecule has 0 aliphatic rings. The van der Waals surface area contributed by atoms with E-state index in [0.717, 1.165) is 44.7 Å². The van der Waals surface area contributed by atoms with Crippen molar-refractivity contribution in [1.82, 2.24) is 9.13 Å². The number of rotatable bonds is 4. The number of aromatic nitrogens is 2. The van der Waals surface area contributed by atoms with Gasteiger partial charge in [0, 0.05) is 32.8 Å². The molecule has 0 saturated carbocycles. The molecule has 2 aromatic heterocycles. The second kappa shape index (κ2) is 10.4. The summed E-state index contributed by atoms with van der Waals surface area (Å²) in [6.07, 6.45) is 0. The molecular weight excluding hydrogens is 558 g/mol. The molecule has 0 fully saturated rings. The molecule has 46 heavy (non-hydrogen) atoms. The molecule has 9 rings (SSSR count). The lowest BCUT2D eigenvalue weighted by Crippen LogP contribution is -2.01. The Morgan fingerprint density at radius 3 is 1.41 bits per heavy atom. The van der Waals surface area contributed by atoms with Gasteiger partial charge in [0.2, 0.25) is 0 Å². The minimum atomic E-state index is 0.653. The third kappa shape index (κ3) is 3.91. The zero-order valence-electron chi connectivity index (χ0n) is 24.9. The average Bonchev–Trinajstić information content (AvgIpc) is 3.65. The fourth-order valence-corrected chi connectivity index (χ4v) is 7.14. The van der Waals surface area contributed by atoms with Gasteiger partial charge in [0.05, 0.1) is 33.3 Å². The zero-order chi connectivity index (χ0) is 30.6. The van der Waals surface area contributed by atoms with Gasteiger partial charge < -0.3 is 9.13 Å². The van der Waals surface area contributed by atoms with E-state index >= 15 is 0 Å². The first-order valence-corrected chi connectivity index (χ1v) is 15.5. The van der Waals surface area contributed by atoms with Gasteiger partial charge in [-0.3, -0.25) is 0 Å². The molecule has 2 heterocycles. The molecule has 0 aliphatic carbocycles. The summed E-state index contributed by atoms with van der Waals surface area (Å²) in [5.74, 6) is 0. The zero-order valence-corrected chi connectivity index (χ0v) is 24.9. The molecule has 0 N–H and O–H groups in total. The van der Waals surface area contributed by atoms with E-state index in [2.05, 4.69) is 161 Å². The first kappa shape index (κ1) is 26.1. The first-order valence-electron chi connectivity index (χ1n) is 15.5. The predicted octanol–water partition coefficient (Wildman–Crippen LogP) is 11.1. The Balaban J connectivity index is 1.34. The number of fused-ring (bicyclic) bond motifs is 6. The molecule has 0 spiro atoms. The Morgan fingerprint density at radius 2 is 0.870 bits per heavy atom. The molecule has 3 nitrogen and oxygen atoms in total. The van der Waals surface area contributed by atoms with Gasteiger partial charge in [0.1, 0.15) is 6.07 Å². The molecular formula is C43H27N3. The maximum Gasteiger partial charge on any atom is 0.102 e. The van der Waals surface area contributed by atoms with Gasteiger partial charge in [0.15, 0.2) is 0 Å². The van der Waals surface area contributed by atoms with Crippen LogP contribution in [0.15, 0.2) is 164 Å². The van der Waals surface area contributed by atoms with E-state index < -0.39 is 0 Å². The van der Waals surface area contributed by atoms with Crippen molar-refractivity contribution in [2.24, 2.45) is 0 Å². The first-order chi connectivity index (χ1) is 22.8. The second-order valence-corrected chi connectivity index (χ2v) is 11.7. The van der Waals surface area contributed by atoms with Gasteiger partial charge >= 0.3 is 0 Å². The summed E-state index contributed by atoms with van der Waals surface area (Å²) in [4.78, 5) is 0. The van der Waals surface area contributed by atoms with Crippen LogP contribution in [0.2, 0.25) is 0 Å². The number of hydrogen-bond donors (Lipinski definition) is 0. The minimum absolute atomic E-state index is 0.653. The molecule has 0 bridgehead atoms. The van der Waals surface area contributed by atoms with Crippen LogP contribution < -0.4 is 0 Å². The van der Waals surface area contributed by atoms with Crippen LogP contribution in [0.4, 0.5) is 0 Å². The van der Waals surface area contributed by atoms with E-state index in [1.165, 1.54) is 32.6 Å². The lowest BCUT2D eigenvalue weighted by Gasteiger charge is -2.17. The molecule has 9 aromatic rings. The molecule has 0 radical (unpaired) electrons. The number of nitrogens with zero attached hydrogens (tertiary/aromatic N) is 3. The van der Waals surface area contributed by atoms with Crippen LogP contribution in [0.3, 0.4) is 0 Å². The predicted molar refractivity (Wildman–Crippen MR) is 191 cm³/mol. The SMILES string of the molecule is N#Cc1c(-c2ccccc2)cc(-c2cccc(-n3c4ccccc4c4ccccc43)c2)cc1-n1c2ccccc2c2ccccc21. The normalized spacial score (nSPS) is 11.5. The summed E-state index contributed by atoms with van der Waals surface area (Å²) in [5, 5.41) is 15.6. The molecule has 3 heteroatoms. The van der Waals surface area contributed by atoms with Crippen LogP contribution in [0.5, 0.6) is 0 Å². The highest BCUT2D eigenvalue weighted by atomic mass is 15.0. The number of benzene rings is 7. The van der Waals surface area contributed by atoms with Crippen molar-refractivity contribution < 1.29 is 0 Å². The maximum atomic E-state index is 10.8. The van der Waals surface area contributed by atoms with Crippen molar-refractivity contribution in [2.75, 3.05) is 0 Å². The van der Waals surface area contributed by atoms with Crippen LogP contribution in [0.25, 0.3) is 77.2 Å². The largest absolute Gasteiger partial charge is 0.309 e. The van der Waals surface area contributed by atoms with Gasteiger partial charge in [-0.2, -0.15) is 5.26 Å². The van der Waals surface area contributed by atoms with Crippen molar-refractivity contribution >= 4 is 43.6 Å². The highest BCUT2D eigenvalue weighted by Crippen LogP contribution is 2.40. The number of nitriles is 1. The van der Waals surface area contributed by atoms with Gasteiger partial charge in [-0.1, -0.05) is 115 Å². The summed E-state index contributed by atoms with van der Waals surface area (Å²) in [6, 6.07) is 60.1. The fourth-order valence-electron chi connectivity index (χ4n) is 7.14. The van der Waals surface area contributed by atoms with Crippen molar-refractivity contribution in [3.05, 3.63) is 169 Å².